The van der Waals surface area contributed by atoms with Crippen LogP contribution in [0.2, 0.25) is 10.0 Å². The van der Waals surface area contributed by atoms with Crippen molar-refractivity contribution in [1.82, 2.24) is 10.2 Å². The number of hydrogen-bond donors (Lipinski definition) is 1. The van der Waals surface area contributed by atoms with E-state index in [0.717, 1.165) is 25.2 Å². The van der Waals surface area contributed by atoms with Crippen molar-refractivity contribution in [3.63, 3.8) is 0 Å². The van der Waals surface area contributed by atoms with Crippen LogP contribution < -0.4 is 10.1 Å². The fourth-order valence-corrected chi connectivity index (χ4v) is 3.00. The number of halogens is 3. The minimum Gasteiger partial charge on any atom is -0.495 e. The van der Waals surface area contributed by atoms with Gasteiger partial charge >= 0.3 is 0 Å². The number of likely N-dealkylation sites (tertiary alicyclic amines) is 1. The van der Waals surface area contributed by atoms with Crippen molar-refractivity contribution in [1.29, 1.82) is 0 Å². The average molecular weight is 340 g/mol. The lowest BCUT2D eigenvalue weighted by Crippen LogP contribution is -2.43. The Labute approximate surface area is 137 Å². The number of benzene rings is 1. The number of methoxy groups -OCH3 is 1. The molecule has 1 unspecified atom stereocenters. The van der Waals surface area contributed by atoms with Crippen LogP contribution in [0.5, 0.6) is 5.75 Å². The molecule has 0 spiro atoms. The van der Waals surface area contributed by atoms with E-state index in [1.807, 2.05) is 13.1 Å². The Bertz CT molecular complexity index is 443. The van der Waals surface area contributed by atoms with Gasteiger partial charge in [-0.15, -0.1) is 12.4 Å². The Morgan fingerprint density at radius 3 is 2.75 bits per heavy atom. The fourth-order valence-electron chi connectivity index (χ4n) is 2.52. The van der Waals surface area contributed by atoms with E-state index < -0.39 is 0 Å². The monoisotopic (exact) mass is 338 g/mol. The highest BCUT2D eigenvalue weighted by atomic mass is 35.5. The normalized spacial score (nSPS) is 19.5. The van der Waals surface area contributed by atoms with Crippen LogP contribution >= 0.6 is 35.6 Å². The first kappa shape index (κ1) is 17.9. The molecular formula is C14H21Cl3N2O. The Hall–Kier alpha value is -0.190. The van der Waals surface area contributed by atoms with Crippen molar-refractivity contribution in [3.05, 3.63) is 27.7 Å². The van der Waals surface area contributed by atoms with Gasteiger partial charge in [-0.3, -0.25) is 4.90 Å². The average Bonchev–Trinajstić information content (AvgIpc) is 2.42. The van der Waals surface area contributed by atoms with Gasteiger partial charge in [-0.2, -0.15) is 0 Å². The molecule has 2 rings (SSSR count). The van der Waals surface area contributed by atoms with E-state index in [9.17, 15) is 0 Å². The maximum atomic E-state index is 6.29. The predicted octanol–water partition coefficient (Wildman–Crippen LogP) is 3.61. The Kier molecular flexibility index (Phi) is 7.41. The topological polar surface area (TPSA) is 24.5 Å². The third kappa shape index (κ3) is 4.40. The van der Waals surface area contributed by atoms with Crippen molar-refractivity contribution in [2.45, 2.75) is 25.4 Å². The van der Waals surface area contributed by atoms with E-state index in [4.69, 9.17) is 27.9 Å². The highest BCUT2D eigenvalue weighted by Crippen LogP contribution is 2.31. The predicted molar refractivity (Wildman–Crippen MR) is 87.6 cm³/mol. The lowest BCUT2D eigenvalue weighted by atomic mass is 10.0. The van der Waals surface area contributed by atoms with E-state index in [-0.39, 0.29) is 12.4 Å². The summed E-state index contributed by atoms with van der Waals surface area (Å²) in [7, 11) is 3.62. The summed E-state index contributed by atoms with van der Waals surface area (Å²) in [5.74, 6) is 0.627. The summed E-state index contributed by atoms with van der Waals surface area (Å²) in [4.78, 5) is 2.41. The molecule has 1 aromatic carbocycles. The van der Waals surface area contributed by atoms with Gasteiger partial charge in [0, 0.05) is 30.2 Å². The summed E-state index contributed by atoms with van der Waals surface area (Å²) in [6.45, 7) is 3.00. The summed E-state index contributed by atoms with van der Waals surface area (Å²) in [6, 6.07) is 4.27. The highest BCUT2D eigenvalue weighted by molar-refractivity contribution is 6.34. The zero-order chi connectivity index (χ0) is 13.8. The molecule has 6 heteroatoms. The molecule has 3 nitrogen and oxygen atoms in total. The summed E-state index contributed by atoms with van der Waals surface area (Å²) >= 11 is 12.4. The maximum absolute atomic E-state index is 6.29. The third-order valence-electron chi connectivity index (χ3n) is 3.63. The van der Waals surface area contributed by atoms with Crippen LogP contribution in [0.4, 0.5) is 0 Å². The maximum Gasteiger partial charge on any atom is 0.138 e. The van der Waals surface area contributed by atoms with E-state index in [2.05, 4.69) is 10.2 Å². The number of nitrogens with zero attached hydrogens (tertiary/aromatic N) is 1. The lowest BCUT2D eigenvalue weighted by molar-refractivity contribution is 0.188. The summed E-state index contributed by atoms with van der Waals surface area (Å²) in [5.41, 5.74) is 1.06. The zero-order valence-corrected chi connectivity index (χ0v) is 14.1. The van der Waals surface area contributed by atoms with Gasteiger partial charge in [-0.25, -0.2) is 0 Å². The second-order valence-corrected chi connectivity index (χ2v) is 5.76. The number of rotatable bonds is 4. The largest absolute Gasteiger partial charge is 0.495 e. The minimum atomic E-state index is 0. The first-order valence-corrected chi connectivity index (χ1v) is 7.31. The van der Waals surface area contributed by atoms with Crippen LogP contribution in [0.25, 0.3) is 0 Å². The zero-order valence-electron chi connectivity index (χ0n) is 11.8. The molecule has 1 aliphatic rings. The highest BCUT2D eigenvalue weighted by Gasteiger charge is 2.19. The number of nitrogens with one attached hydrogen (secondary N) is 1. The van der Waals surface area contributed by atoms with Crippen LogP contribution in [0, 0.1) is 0 Å². The smallest absolute Gasteiger partial charge is 0.138 e. The third-order valence-corrected chi connectivity index (χ3v) is 4.28. The number of ether oxygens (including phenoxy) is 1. The SMILES string of the molecule is CNC1CCCN(Cc2cc(Cl)c(OC)cc2Cl)C1.Cl. The molecule has 1 atom stereocenters. The van der Waals surface area contributed by atoms with Gasteiger partial charge < -0.3 is 10.1 Å². The quantitative estimate of drug-likeness (QED) is 0.907. The second-order valence-electron chi connectivity index (χ2n) is 4.94. The van der Waals surface area contributed by atoms with Crippen LogP contribution in [0.15, 0.2) is 12.1 Å². The van der Waals surface area contributed by atoms with Crippen LogP contribution in [0.1, 0.15) is 18.4 Å². The van der Waals surface area contributed by atoms with Gasteiger partial charge in [0.15, 0.2) is 0 Å². The second kappa shape index (κ2) is 8.30. The summed E-state index contributed by atoms with van der Waals surface area (Å²) in [5, 5.41) is 4.67. The summed E-state index contributed by atoms with van der Waals surface area (Å²) < 4.78 is 5.17. The van der Waals surface area contributed by atoms with Crippen molar-refractivity contribution in [2.75, 3.05) is 27.2 Å². The van der Waals surface area contributed by atoms with E-state index in [1.165, 1.54) is 12.8 Å². The molecule has 0 amide bonds. The molecule has 0 radical (unpaired) electrons. The van der Waals surface area contributed by atoms with Gasteiger partial charge in [0.05, 0.1) is 12.1 Å². The van der Waals surface area contributed by atoms with Gasteiger partial charge in [-0.05, 0) is 38.1 Å². The number of piperidine rings is 1. The molecule has 0 aliphatic carbocycles. The van der Waals surface area contributed by atoms with Gasteiger partial charge in [0.1, 0.15) is 5.75 Å². The molecule has 1 aromatic rings. The molecule has 1 N–H and O–H groups in total. The molecule has 0 aromatic heterocycles. The molecule has 114 valence electrons. The molecule has 1 saturated heterocycles. The van der Waals surface area contributed by atoms with Crippen LogP contribution in [0.3, 0.4) is 0 Å². The first-order chi connectivity index (χ1) is 9.13. The van der Waals surface area contributed by atoms with E-state index in [0.29, 0.717) is 21.8 Å². The summed E-state index contributed by atoms with van der Waals surface area (Å²) in [6.07, 6.45) is 2.46. The van der Waals surface area contributed by atoms with Crippen molar-refractivity contribution in [2.24, 2.45) is 0 Å². The molecule has 0 saturated carbocycles. The fraction of sp³-hybridized carbons (Fsp3) is 0.571. The Morgan fingerprint density at radius 2 is 2.10 bits per heavy atom. The molecule has 0 bridgehead atoms. The number of hydrogen-bond acceptors (Lipinski definition) is 3. The van der Waals surface area contributed by atoms with Crippen LogP contribution in [-0.2, 0) is 6.54 Å². The van der Waals surface area contributed by atoms with E-state index in [1.54, 1.807) is 13.2 Å². The molecule has 1 aliphatic heterocycles. The standard InChI is InChI=1S/C14H20Cl2N2O.ClH/c1-17-11-4-3-5-18(9-11)8-10-6-13(16)14(19-2)7-12(10)15;/h6-7,11,17H,3-5,8-9H2,1-2H3;1H. The lowest BCUT2D eigenvalue weighted by Gasteiger charge is -2.32. The Morgan fingerprint density at radius 1 is 1.35 bits per heavy atom. The van der Waals surface area contributed by atoms with Crippen LogP contribution in [-0.4, -0.2) is 38.2 Å². The van der Waals surface area contributed by atoms with Gasteiger partial charge in [0.2, 0.25) is 0 Å². The Balaban J connectivity index is 0.00000200. The van der Waals surface area contributed by atoms with Crippen molar-refractivity contribution >= 4 is 35.6 Å². The first-order valence-electron chi connectivity index (χ1n) is 6.55. The van der Waals surface area contributed by atoms with Crippen molar-refractivity contribution in [3.8, 4) is 5.75 Å². The molecule has 1 heterocycles. The van der Waals surface area contributed by atoms with E-state index >= 15 is 0 Å². The van der Waals surface area contributed by atoms with Gasteiger partial charge in [-0.1, -0.05) is 23.2 Å². The van der Waals surface area contributed by atoms with Crippen molar-refractivity contribution < 1.29 is 4.74 Å². The molecular weight excluding hydrogens is 319 g/mol. The minimum absolute atomic E-state index is 0. The molecule has 20 heavy (non-hydrogen) atoms. The van der Waals surface area contributed by atoms with Gasteiger partial charge in [0.25, 0.3) is 0 Å². The molecule has 1 fully saturated rings. The number of likely N-dealkylation sites (N-methyl/N-ethyl adjacent to an activating group) is 1.